The molecule has 2 aliphatic rings. The van der Waals surface area contributed by atoms with Crippen LogP contribution in [0.2, 0.25) is 0 Å². The third-order valence-electron chi connectivity index (χ3n) is 4.69. The van der Waals surface area contributed by atoms with Gasteiger partial charge >= 0.3 is 5.97 Å². The molecule has 5 heteroatoms. The molecule has 1 amide bonds. The second-order valence-electron chi connectivity index (χ2n) is 6.18. The van der Waals surface area contributed by atoms with Crippen molar-refractivity contribution in [1.29, 1.82) is 0 Å². The Bertz CT molecular complexity index is 347. The van der Waals surface area contributed by atoms with Crippen LogP contribution in [0.25, 0.3) is 0 Å². The Balaban J connectivity index is 1.80. The van der Waals surface area contributed by atoms with Gasteiger partial charge in [-0.25, -0.2) is 0 Å². The van der Waals surface area contributed by atoms with E-state index < -0.39 is 11.4 Å². The molecule has 0 bridgehead atoms. The minimum Gasteiger partial charge on any atom is -0.481 e. The summed E-state index contributed by atoms with van der Waals surface area (Å²) in [5, 5.41) is 12.4. The molecular formula is C15H25NO3S. The first-order valence-electron chi connectivity index (χ1n) is 7.70. The summed E-state index contributed by atoms with van der Waals surface area (Å²) in [4.78, 5) is 23.6. The van der Waals surface area contributed by atoms with Crippen LogP contribution in [0.15, 0.2) is 0 Å². The summed E-state index contributed by atoms with van der Waals surface area (Å²) < 4.78 is 0. The molecule has 4 nitrogen and oxygen atoms in total. The van der Waals surface area contributed by atoms with E-state index in [1.807, 2.05) is 11.8 Å². The van der Waals surface area contributed by atoms with E-state index in [0.717, 1.165) is 38.6 Å². The normalized spacial score (nSPS) is 23.2. The van der Waals surface area contributed by atoms with E-state index in [0.29, 0.717) is 18.8 Å². The van der Waals surface area contributed by atoms with Crippen LogP contribution in [0.1, 0.15) is 51.4 Å². The Morgan fingerprint density at radius 1 is 1.15 bits per heavy atom. The number of carbonyl (C=O) groups is 2. The van der Waals surface area contributed by atoms with Crippen LogP contribution < -0.4 is 5.32 Å². The van der Waals surface area contributed by atoms with E-state index in [2.05, 4.69) is 5.32 Å². The van der Waals surface area contributed by atoms with Crippen LogP contribution in [0, 0.1) is 11.3 Å². The Morgan fingerprint density at radius 2 is 1.80 bits per heavy atom. The van der Waals surface area contributed by atoms with E-state index in [1.54, 1.807) is 0 Å². The molecule has 1 heterocycles. The molecular weight excluding hydrogens is 274 g/mol. The maximum Gasteiger partial charge on any atom is 0.310 e. The number of amides is 1. The highest BCUT2D eigenvalue weighted by molar-refractivity contribution is 7.99. The van der Waals surface area contributed by atoms with Crippen LogP contribution in [-0.4, -0.2) is 35.0 Å². The van der Waals surface area contributed by atoms with Crippen molar-refractivity contribution < 1.29 is 14.7 Å². The van der Waals surface area contributed by atoms with E-state index >= 15 is 0 Å². The highest BCUT2D eigenvalue weighted by Crippen LogP contribution is 2.39. The molecule has 1 saturated heterocycles. The number of aliphatic carboxylic acids is 1. The summed E-state index contributed by atoms with van der Waals surface area (Å²) in [6.07, 6.45) is 6.73. The number of hydrogen-bond donors (Lipinski definition) is 2. The van der Waals surface area contributed by atoms with Crippen molar-refractivity contribution in [3.8, 4) is 0 Å². The van der Waals surface area contributed by atoms with Gasteiger partial charge in [-0.3, -0.25) is 9.59 Å². The zero-order valence-corrected chi connectivity index (χ0v) is 12.8. The predicted molar refractivity (Wildman–Crippen MR) is 80.8 cm³/mol. The van der Waals surface area contributed by atoms with Gasteiger partial charge in [0.05, 0.1) is 5.41 Å². The lowest BCUT2D eigenvalue weighted by atomic mass is 9.71. The average molecular weight is 299 g/mol. The Labute approximate surface area is 125 Å². The number of carboxylic acid groups (broad SMARTS) is 1. The van der Waals surface area contributed by atoms with Gasteiger partial charge < -0.3 is 10.4 Å². The van der Waals surface area contributed by atoms with Crippen molar-refractivity contribution >= 4 is 23.6 Å². The van der Waals surface area contributed by atoms with Crippen LogP contribution in [0.3, 0.4) is 0 Å². The van der Waals surface area contributed by atoms with Crippen molar-refractivity contribution in [2.24, 2.45) is 11.3 Å². The number of nitrogens with one attached hydrogen (secondary N) is 1. The topological polar surface area (TPSA) is 66.4 Å². The zero-order valence-electron chi connectivity index (χ0n) is 12.0. The lowest BCUT2D eigenvalue weighted by Crippen LogP contribution is -2.40. The van der Waals surface area contributed by atoms with Crippen LogP contribution in [0.5, 0.6) is 0 Å². The van der Waals surface area contributed by atoms with Crippen LogP contribution >= 0.6 is 11.8 Å². The van der Waals surface area contributed by atoms with Gasteiger partial charge in [-0.1, -0.05) is 19.3 Å². The minimum atomic E-state index is -0.801. The molecule has 0 aromatic heterocycles. The summed E-state index contributed by atoms with van der Waals surface area (Å²) in [5.41, 5.74) is -0.801. The van der Waals surface area contributed by atoms with Gasteiger partial charge in [0.2, 0.25) is 5.91 Å². The number of rotatable bonds is 5. The molecule has 0 radical (unpaired) electrons. The number of hydrogen-bond acceptors (Lipinski definition) is 3. The summed E-state index contributed by atoms with van der Waals surface area (Å²) in [5.74, 6) is 2.07. The average Bonchev–Trinajstić information content (AvgIpc) is 2.47. The Kier molecular flexibility index (Phi) is 5.75. The van der Waals surface area contributed by atoms with E-state index in [1.165, 1.54) is 11.5 Å². The van der Waals surface area contributed by atoms with E-state index in [9.17, 15) is 14.7 Å². The molecule has 0 atom stereocenters. The first-order valence-corrected chi connectivity index (χ1v) is 8.86. The maximum absolute atomic E-state index is 12.1. The molecule has 2 N–H and O–H groups in total. The highest BCUT2D eigenvalue weighted by atomic mass is 32.2. The second-order valence-corrected chi connectivity index (χ2v) is 7.41. The van der Waals surface area contributed by atoms with Crippen molar-refractivity contribution in [1.82, 2.24) is 5.32 Å². The molecule has 2 fully saturated rings. The predicted octanol–water partition coefficient (Wildman–Crippen LogP) is 2.67. The van der Waals surface area contributed by atoms with Gasteiger partial charge in [0.25, 0.3) is 0 Å². The maximum atomic E-state index is 12.1. The molecule has 1 aliphatic carbocycles. The first-order chi connectivity index (χ1) is 9.62. The standard InChI is InChI=1S/C15H25NO3S/c17-13(16-11-12-4-8-20-9-5-12)10-15(14(18)19)6-2-1-3-7-15/h12H,1-11H2,(H,16,17)(H,18,19). The molecule has 20 heavy (non-hydrogen) atoms. The van der Waals surface area contributed by atoms with Gasteiger partial charge in [-0.15, -0.1) is 0 Å². The quantitative estimate of drug-likeness (QED) is 0.819. The smallest absolute Gasteiger partial charge is 0.310 e. The van der Waals surface area contributed by atoms with Gasteiger partial charge in [0, 0.05) is 13.0 Å². The Hall–Kier alpha value is -0.710. The van der Waals surface area contributed by atoms with Crippen molar-refractivity contribution in [2.45, 2.75) is 51.4 Å². The van der Waals surface area contributed by atoms with E-state index in [-0.39, 0.29) is 12.3 Å². The fourth-order valence-electron chi connectivity index (χ4n) is 3.27. The lowest BCUT2D eigenvalue weighted by Gasteiger charge is -2.32. The van der Waals surface area contributed by atoms with Crippen molar-refractivity contribution in [3.63, 3.8) is 0 Å². The highest BCUT2D eigenvalue weighted by Gasteiger charge is 2.41. The minimum absolute atomic E-state index is 0.0764. The molecule has 0 unspecified atom stereocenters. The summed E-state index contributed by atoms with van der Waals surface area (Å²) in [6.45, 7) is 0.717. The molecule has 114 valence electrons. The fourth-order valence-corrected chi connectivity index (χ4v) is 4.48. The number of carbonyl (C=O) groups excluding carboxylic acids is 1. The molecule has 1 saturated carbocycles. The summed E-state index contributed by atoms with van der Waals surface area (Å²) in [7, 11) is 0. The second kappa shape index (κ2) is 7.34. The zero-order chi connectivity index (χ0) is 14.4. The molecule has 0 spiro atoms. The largest absolute Gasteiger partial charge is 0.481 e. The fraction of sp³-hybridized carbons (Fsp3) is 0.867. The number of carboxylic acids is 1. The third-order valence-corrected chi connectivity index (χ3v) is 5.74. The molecule has 2 rings (SSSR count). The van der Waals surface area contributed by atoms with Gasteiger partial charge in [-0.05, 0) is 43.1 Å². The SMILES string of the molecule is O=C(CC1(C(=O)O)CCCCC1)NCC1CCSCC1. The van der Waals surface area contributed by atoms with Crippen molar-refractivity contribution in [2.75, 3.05) is 18.1 Å². The van der Waals surface area contributed by atoms with Gasteiger partial charge in [0.1, 0.15) is 0 Å². The van der Waals surface area contributed by atoms with Crippen LogP contribution in [0.4, 0.5) is 0 Å². The van der Waals surface area contributed by atoms with Gasteiger partial charge in [0.15, 0.2) is 0 Å². The first kappa shape index (κ1) is 15.7. The lowest BCUT2D eigenvalue weighted by molar-refractivity contribution is -0.154. The molecule has 0 aromatic rings. The monoisotopic (exact) mass is 299 g/mol. The summed E-state index contributed by atoms with van der Waals surface area (Å²) >= 11 is 1.97. The summed E-state index contributed by atoms with van der Waals surface area (Å²) in [6, 6.07) is 0. The van der Waals surface area contributed by atoms with Crippen molar-refractivity contribution in [3.05, 3.63) is 0 Å². The van der Waals surface area contributed by atoms with Crippen LogP contribution in [-0.2, 0) is 9.59 Å². The molecule has 1 aliphatic heterocycles. The third kappa shape index (κ3) is 4.14. The Morgan fingerprint density at radius 3 is 2.40 bits per heavy atom. The number of thioether (sulfide) groups is 1. The molecule has 0 aromatic carbocycles. The van der Waals surface area contributed by atoms with E-state index in [4.69, 9.17) is 0 Å². The van der Waals surface area contributed by atoms with Gasteiger partial charge in [-0.2, -0.15) is 11.8 Å².